The van der Waals surface area contributed by atoms with Gasteiger partial charge in [-0.2, -0.15) is 0 Å². The number of amides is 1. The fraction of sp³-hybridized carbons (Fsp3) is 0.174. The maximum Gasteiger partial charge on any atom is 0.264 e. The number of benzene rings is 3. The summed E-state index contributed by atoms with van der Waals surface area (Å²) < 4.78 is 33.9. The lowest BCUT2D eigenvalue weighted by molar-refractivity contribution is -0.118. The maximum absolute atomic E-state index is 13.1. The van der Waals surface area contributed by atoms with Crippen LogP contribution in [-0.2, 0) is 21.2 Å². The fourth-order valence-corrected chi connectivity index (χ4v) is 5.57. The van der Waals surface area contributed by atoms with E-state index >= 15 is 0 Å². The molecular weight excluding hydrogens is 480 g/mol. The van der Waals surface area contributed by atoms with Gasteiger partial charge in [0.15, 0.2) is 6.61 Å². The number of carbonyl (C=O) groups excluding carboxylic acids is 1. The van der Waals surface area contributed by atoms with Crippen molar-refractivity contribution >= 4 is 43.2 Å². The van der Waals surface area contributed by atoms with Gasteiger partial charge >= 0.3 is 0 Å². The van der Waals surface area contributed by atoms with E-state index in [0.717, 1.165) is 21.3 Å². The zero-order valence-corrected chi connectivity index (χ0v) is 19.2. The summed E-state index contributed by atoms with van der Waals surface area (Å²) in [5, 5.41) is 2.72. The molecule has 0 radical (unpaired) electrons. The van der Waals surface area contributed by atoms with Crippen molar-refractivity contribution < 1.29 is 17.9 Å². The molecule has 8 heteroatoms. The SMILES string of the molecule is Cc1ccc(OCC(=O)Nc2ccc(S(=O)(=O)N3CCc4ccccc43)cc2)c(Br)c1. The molecule has 1 aliphatic heterocycles. The molecule has 0 aromatic heterocycles. The van der Waals surface area contributed by atoms with Crippen LogP contribution in [-0.4, -0.2) is 27.5 Å². The van der Waals surface area contributed by atoms with E-state index in [1.165, 1.54) is 16.4 Å². The van der Waals surface area contributed by atoms with E-state index in [4.69, 9.17) is 4.74 Å². The normalized spacial score (nSPS) is 13.0. The number of hydrogen-bond donors (Lipinski definition) is 1. The van der Waals surface area contributed by atoms with Crippen LogP contribution in [0.1, 0.15) is 11.1 Å². The Morgan fingerprint density at radius 1 is 1.10 bits per heavy atom. The molecule has 0 fully saturated rings. The third-order valence-electron chi connectivity index (χ3n) is 5.02. The number of nitrogens with zero attached hydrogens (tertiary/aromatic N) is 1. The van der Waals surface area contributed by atoms with Crippen LogP contribution < -0.4 is 14.4 Å². The molecule has 0 aliphatic carbocycles. The standard InChI is InChI=1S/C23H21BrN2O4S/c1-16-6-11-22(20(24)14-16)30-15-23(27)25-18-7-9-19(10-8-18)31(28,29)26-13-12-17-4-2-3-5-21(17)26/h2-11,14H,12-13,15H2,1H3,(H,25,27). The molecule has 1 N–H and O–H groups in total. The second-order valence-corrected chi connectivity index (χ2v) is 9.97. The van der Waals surface area contributed by atoms with E-state index in [9.17, 15) is 13.2 Å². The van der Waals surface area contributed by atoms with Crippen LogP contribution in [0.2, 0.25) is 0 Å². The molecule has 0 spiro atoms. The highest BCUT2D eigenvalue weighted by atomic mass is 79.9. The summed E-state index contributed by atoms with van der Waals surface area (Å²) in [5.74, 6) is 0.240. The molecule has 0 bridgehead atoms. The van der Waals surface area contributed by atoms with E-state index in [1.54, 1.807) is 18.2 Å². The lowest BCUT2D eigenvalue weighted by Crippen LogP contribution is -2.29. The van der Waals surface area contributed by atoms with Crippen molar-refractivity contribution in [2.24, 2.45) is 0 Å². The van der Waals surface area contributed by atoms with Gasteiger partial charge in [-0.3, -0.25) is 9.10 Å². The van der Waals surface area contributed by atoms with Crippen LogP contribution in [0.5, 0.6) is 5.75 Å². The number of fused-ring (bicyclic) bond motifs is 1. The first-order valence-corrected chi connectivity index (χ1v) is 12.0. The number of carbonyl (C=O) groups is 1. The van der Waals surface area contributed by atoms with E-state index in [1.807, 2.05) is 43.3 Å². The predicted molar refractivity (Wildman–Crippen MR) is 124 cm³/mol. The first kappa shape index (κ1) is 21.4. The smallest absolute Gasteiger partial charge is 0.264 e. The van der Waals surface area contributed by atoms with Crippen molar-refractivity contribution in [1.82, 2.24) is 0 Å². The molecule has 0 saturated carbocycles. The maximum atomic E-state index is 13.1. The van der Waals surface area contributed by atoms with E-state index in [-0.39, 0.29) is 17.4 Å². The van der Waals surface area contributed by atoms with E-state index in [0.29, 0.717) is 24.4 Å². The Balaban J connectivity index is 1.40. The van der Waals surface area contributed by atoms with Gasteiger partial charge in [0, 0.05) is 12.2 Å². The summed E-state index contributed by atoms with van der Waals surface area (Å²) in [6.45, 7) is 2.23. The number of rotatable bonds is 6. The number of halogens is 1. The van der Waals surface area contributed by atoms with Crippen LogP contribution in [0.4, 0.5) is 11.4 Å². The molecule has 3 aromatic rings. The Bertz CT molecular complexity index is 1230. The highest BCUT2D eigenvalue weighted by Crippen LogP contribution is 2.33. The molecule has 4 rings (SSSR count). The summed E-state index contributed by atoms with van der Waals surface area (Å²) in [7, 11) is -3.66. The summed E-state index contributed by atoms with van der Waals surface area (Å²) >= 11 is 3.41. The first-order chi connectivity index (χ1) is 14.8. The van der Waals surface area contributed by atoms with Crippen molar-refractivity contribution in [2.45, 2.75) is 18.2 Å². The van der Waals surface area contributed by atoms with Crippen molar-refractivity contribution in [3.05, 3.63) is 82.3 Å². The number of nitrogens with one attached hydrogen (secondary N) is 1. The summed E-state index contributed by atoms with van der Waals surface area (Å²) in [6, 6.07) is 19.3. The number of ether oxygens (including phenoxy) is 1. The lowest BCUT2D eigenvalue weighted by atomic mass is 10.2. The number of sulfonamides is 1. The molecule has 0 atom stereocenters. The van der Waals surface area contributed by atoms with Crippen LogP contribution in [0.25, 0.3) is 0 Å². The Kier molecular flexibility index (Phi) is 6.02. The molecule has 6 nitrogen and oxygen atoms in total. The minimum atomic E-state index is -3.66. The number of aryl methyl sites for hydroxylation is 1. The molecule has 31 heavy (non-hydrogen) atoms. The van der Waals surface area contributed by atoms with Gasteiger partial charge < -0.3 is 10.1 Å². The summed E-state index contributed by atoms with van der Waals surface area (Å²) in [6.07, 6.45) is 0.695. The molecule has 1 aliphatic rings. The Morgan fingerprint density at radius 3 is 2.58 bits per heavy atom. The third-order valence-corrected chi connectivity index (χ3v) is 7.46. The zero-order chi connectivity index (χ0) is 22.0. The molecule has 3 aromatic carbocycles. The second kappa shape index (κ2) is 8.72. The molecule has 0 unspecified atom stereocenters. The fourth-order valence-electron chi connectivity index (χ4n) is 3.46. The number of hydrogen-bond acceptors (Lipinski definition) is 4. The van der Waals surface area contributed by atoms with Crippen LogP contribution in [0.3, 0.4) is 0 Å². The lowest BCUT2D eigenvalue weighted by Gasteiger charge is -2.19. The average molecular weight is 501 g/mol. The average Bonchev–Trinajstić information content (AvgIpc) is 3.18. The molecule has 1 heterocycles. The van der Waals surface area contributed by atoms with Gasteiger partial charge in [-0.05, 0) is 82.9 Å². The van der Waals surface area contributed by atoms with Gasteiger partial charge in [0.05, 0.1) is 15.1 Å². The van der Waals surface area contributed by atoms with Crippen LogP contribution >= 0.6 is 15.9 Å². The van der Waals surface area contributed by atoms with Gasteiger partial charge in [-0.1, -0.05) is 24.3 Å². The van der Waals surface area contributed by atoms with Crippen molar-refractivity contribution in [1.29, 1.82) is 0 Å². The van der Waals surface area contributed by atoms with Gasteiger partial charge in [0.2, 0.25) is 0 Å². The largest absolute Gasteiger partial charge is 0.483 e. The Labute approximate surface area is 190 Å². The van der Waals surface area contributed by atoms with Crippen molar-refractivity contribution in [2.75, 3.05) is 22.8 Å². The van der Waals surface area contributed by atoms with Crippen molar-refractivity contribution in [3.8, 4) is 5.75 Å². The monoisotopic (exact) mass is 500 g/mol. The first-order valence-electron chi connectivity index (χ1n) is 9.74. The van der Waals surface area contributed by atoms with E-state index < -0.39 is 10.0 Å². The quantitative estimate of drug-likeness (QED) is 0.539. The molecule has 160 valence electrons. The minimum absolute atomic E-state index is 0.160. The van der Waals surface area contributed by atoms with Gasteiger partial charge in [-0.15, -0.1) is 0 Å². The van der Waals surface area contributed by atoms with Gasteiger partial charge in [-0.25, -0.2) is 8.42 Å². The Morgan fingerprint density at radius 2 is 1.84 bits per heavy atom. The highest BCUT2D eigenvalue weighted by Gasteiger charge is 2.30. The molecule has 1 amide bonds. The summed E-state index contributed by atoms with van der Waals surface area (Å²) in [4.78, 5) is 12.4. The van der Waals surface area contributed by atoms with Gasteiger partial charge in [0.1, 0.15) is 5.75 Å². The minimum Gasteiger partial charge on any atom is -0.483 e. The third kappa shape index (κ3) is 4.60. The predicted octanol–water partition coefficient (Wildman–Crippen LogP) is 4.53. The number of anilines is 2. The van der Waals surface area contributed by atoms with E-state index in [2.05, 4.69) is 21.2 Å². The number of para-hydroxylation sites is 1. The van der Waals surface area contributed by atoms with Crippen molar-refractivity contribution in [3.63, 3.8) is 0 Å². The molecule has 0 saturated heterocycles. The zero-order valence-electron chi connectivity index (χ0n) is 16.8. The molecular formula is C23H21BrN2O4S. The van der Waals surface area contributed by atoms with Crippen LogP contribution in [0, 0.1) is 6.92 Å². The second-order valence-electron chi connectivity index (χ2n) is 7.25. The van der Waals surface area contributed by atoms with Gasteiger partial charge in [0.25, 0.3) is 15.9 Å². The summed E-state index contributed by atoms with van der Waals surface area (Å²) in [5.41, 5.74) is 3.32. The topological polar surface area (TPSA) is 75.7 Å². The Hall–Kier alpha value is -2.84. The highest BCUT2D eigenvalue weighted by molar-refractivity contribution is 9.10. The van der Waals surface area contributed by atoms with Crippen LogP contribution in [0.15, 0.2) is 76.1 Å².